The Balaban J connectivity index is 1.59. The second-order valence-corrected chi connectivity index (χ2v) is 8.78. The number of rotatable bonds is 3. The Kier molecular flexibility index (Phi) is 3.90. The van der Waals surface area contributed by atoms with Gasteiger partial charge in [0, 0.05) is 16.6 Å². The van der Waals surface area contributed by atoms with Crippen LogP contribution in [-0.2, 0) is 0 Å². The van der Waals surface area contributed by atoms with Gasteiger partial charge in [-0.05, 0) is 41.8 Å². The molecule has 0 radical (unpaired) electrons. The molecule has 2 aromatic carbocycles. The zero-order valence-corrected chi connectivity index (χ0v) is 17.2. The van der Waals surface area contributed by atoms with Gasteiger partial charge in [0.2, 0.25) is 0 Å². The van der Waals surface area contributed by atoms with Crippen LogP contribution in [0.2, 0.25) is 0 Å². The number of aromatic nitrogens is 4. The van der Waals surface area contributed by atoms with Gasteiger partial charge >= 0.3 is 0 Å². The average molecular weight is 427 g/mol. The molecule has 0 saturated heterocycles. The molecule has 6 rings (SSSR count). The highest BCUT2D eigenvalue weighted by atomic mass is 32.1. The van der Waals surface area contributed by atoms with Gasteiger partial charge in [-0.15, -0.1) is 11.3 Å². The van der Waals surface area contributed by atoms with Gasteiger partial charge in [0.25, 0.3) is 5.56 Å². The molecule has 5 nitrogen and oxygen atoms in total. The van der Waals surface area contributed by atoms with Crippen LogP contribution in [0.15, 0.2) is 83.1 Å². The monoisotopic (exact) mass is 426 g/mol. The van der Waals surface area contributed by atoms with Crippen molar-refractivity contribution in [3.8, 4) is 16.1 Å². The number of benzene rings is 2. The summed E-state index contributed by atoms with van der Waals surface area (Å²) in [5.74, 6) is 0. The molecular formula is C23H14N4OS2. The lowest BCUT2D eigenvalue weighted by Crippen LogP contribution is -2.22. The molecule has 0 N–H and O–H groups in total. The maximum atomic E-state index is 13.2. The van der Waals surface area contributed by atoms with E-state index in [2.05, 4.69) is 11.1 Å². The van der Waals surface area contributed by atoms with Gasteiger partial charge in [0.15, 0.2) is 4.96 Å². The van der Waals surface area contributed by atoms with E-state index in [0.29, 0.717) is 9.49 Å². The van der Waals surface area contributed by atoms with Crippen LogP contribution < -0.4 is 10.1 Å². The summed E-state index contributed by atoms with van der Waals surface area (Å²) >= 11 is 3.05. The normalized spacial score (nSPS) is 12.3. The summed E-state index contributed by atoms with van der Waals surface area (Å²) in [4.78, 5) is 19.6. The number of hydrogen-bond acceptors (Lipinski definition) is 5. The van der Waals surface area contributed by atoms with Gasteiger partial charge in [-0.2, -0.15) is 5.10 Å². The van der Waals surface area contributed by atoms with Crippen LogP contribution in [0.4, 0.5) is 0 Å². The minimum atomic E-state index is -0.0601. The first-order valence-electron chi connectivity index (χ1n) is 9.39. The third-order valence-corrected chi connectivity index (χ3v) is 6.84. The Hall–Kier alpha value is -3.55. The lowest BCUT2D eigenvalue weighted by Gasteiger charge is -1.98. The van der Waals surface area contributed by atoms with E-state index in [1.807, 2.05) is 83.0 Å². The molecule has 30 heavy (non-hydrogen) atoms. The Morgan fingerprint density at radius 2 is 1.77 bits per heavy atom. The van der Waals surface area contributed by atoms with E-state index in [0.717, 1.165) is 32.9 Å². The van der Waals surface area contributed by atoms with Crippen LogP contribution >= 0.6 is 22.7 Å². The number of fused-ring (bicyclic) bond motifs is 3. The van der Waals surface area contributed by atoms with E-state index in [1.54, 1.807) is 15.7 Å². The van der Waals surface area contributed by atoms with Gasteiger partial charge in [-0.1, -0.05) is 47.7 Å². The Labute approximate surface area is 178 Å². The van der Waals surface area contributed by atoms with E-state index in [4.69, 9.17) is 5.10 Å². The summed E-state index contributed by atoms with van der Waals surface area (Å²) in [5.41, 5.74) is 4.36. The highest BCUT2D eigenvalue weighted by Gasteiger charge is 2.14. The van der Waals surface area contributed by atoms with E-state index in [1.165, 1.54) is 11.3 Å². The minimum absolute atomic E-state index is 0.0601. The van der Waals surface area contributed by atoms with Gasteiger partial charge in [0.05, 0.1) is 26.9 Å². The van der Waals surface area contributed by atoms with E-state index in [9.17, 15) is 4.79 Å². The van der Waals surface area contributed by atoms with Crippen molar-refractivity contribution < 1.29 is 0 Å². The van der Waals surface area contributed by atoms with Crippen LogP contribution in [0.3, 0.4) is 0 Å². The molecule has 0 bridgehead atoms. The molecule has 4 aromatic heterocycles. The Bertz CT molecular complexity index is 1610. The number of nitrogens with zero attached hydrogens (tertiary/aromatic N) is 4. The predicted molar refractivity (Wildman–Crippen MR) is 123 cm³/mol. The van der Waals surface area contributed by atoms with Crippen LogP contribution in [0, 0.1) is 0 Å². The summed E-state index contributed by atoms with van der Waals surface area (Å²) in [5, 5.41) is 6.84. The van der Waals surface area contributed by atoms with Gasteiger partial charge in [0.1, 0.15) is 0 Å². The maximum Gasteiger partial charge on any atom is 0.275 e. The van der Waals surface area contributed by atoms with Crippen molar-refractivity contribution >= 4 is 44.7 Å². The van der Waals surface area contributed by atoms with Crippen LogP contribution in [0.1, 0.15) is 5.69 Å². The standard InChI is InChI=1S/C23H14N4OS2/c28-22-21(30-23-24-17-9-4-5-10-19(17)27(22)23)13-18-16(20-11-6-12-29-20)14-26(25-18)15-7-2-1-3-8-15/h1-14H/b21-13+. The number of thiazole rings is 1. The third kappa shape index (κ3) is 2.71. The lowest BCUT2D eigenvalue weighted by atomic mass is 10.2. The fourth-order valence-corrected chi connectivity index (χ4v) is 5.27. The number of imidazole rings is 1. The van der Waals surface area contributed by atoms with E-state index in [-0.39, 0.29) is 5.56 Å². The molecule has 4 heterocycles. The van der Waals surface area contributed by atoms with Gasteiger partial charge < -0.3 is 0 Å². The molecule has 0 aliphatic rings. The van der Waals surface area contributed by atoms with Gasteiger partial charge in [-0.25, -0.2) is 14.1 Å². The van der Waals surface area contributed by atoms with Crippen molar-refractivity contribution in [1.29, 1.82) is 0 Å². The van der Waals surface area contributed by atoms with Crippen LogP contribution in [0.5, 0.6) is 0 Å². The quantitative estimate of drug-likeness (QED) is 0.422. The minimum Gasteiger partial charge on any atom is -0.267 e. The maximum absolute atomic E-state index is 13.2. The fourth-order valence-electron chi connectivity index (χ4n) is 3.56. The summed E-state index contributed by atoms with van der Waals surface area (Å²) in [7, 11) is 0. The molecule has 144 valence electrons. The summed E-state index contributed by atoms with van der Waals surface area (Å²) in [6.07, 6.45) is 3.90. The van der Waals surface area contributed by atoms with Crippen molar-refractivity contribution in [1.82, 2.24) is 19.2 Å². The molecule has 0 amide bonds. The Morgan fingerprint density at radius 3 is 2.60 bits per heavy atom. The molecular weight excluding hydrogens is 412 g/mol. The molecule has 0 fully saturated rings. The summed E-state index contributed by atoms with van der Waals surface area (Å²) in [6.45, 7) is 0. The Morgan fingerprint density at radius 1 is 0.933 bits per heavy atom. The van der Waals surface area contributed by atoms with E-state index >= 15 is 0 Å². The number of para-hydroxylation sites is 3. The number of thiophene rings is 1. The first-order valence-corrected chi connectivity index (χ1v) is 11.1. The molecule has 0 atom stereocenters. The van der Waals surface area contributed by atoms with Crippen LogP contribution in [0.25, 0.3) is 38.2 Å². The molecule has 0 saturated carbocycles. The first-order chi connectivity index (χ1) is 14.8. The average Bonchev–Trinajstić information content (AvgIpc) is 3.54. The zero-order valence-electron chi connectivity index (χ0n) is 15.6. The molecule has 0 aliphatic carbocycles. The second kappa shape index (κ2) is 6.76. The smallest absolute Gasteiger partial charge is 0.267 e. The van der Waals surface area contributed by atoms with Gasteiger partial charge in [-0.3, -0.25) is 4.79 Å². The topological polar surface area (TPSA) is 52.2 Å². The van der Waals surface area contributed by atoms with Crippen molar-refractivity contribution in [2.24, 2.45) is 0 Å². The van der Waals surface area contributed by atoms with Crippen LogP contribution in [-0.4, -0.2) is 19.2 Å². The predicted octanol–water partition coefficient (Wildman–Crippen LogP) is 4.37. The highest BCUT2D eigenvalue weighted by Crippen LogP contribution is 2.29. The SMILES string of the molecule is O=c1/c(=C\c2nn(-c3ccccc3)cc2-c2cccs2)sc2nc3ccccc3n12. The molecule has 0 unspecified atom stereocenters. The van der Waals surface area contributed by atoms with Crippen molar-refractivity contribution in [3.63, 3.8) is 0 Å². The summed E-state index contributed by atoms with van der Waals surface area (Å²) in [6, 6.07) is 21.8. The van der Waals surface area contributed by atoms with Crippen molar-refractivity contribution in [2.45, 2.75) is 0 Å². The largest absolute Gasteiger partial charge is 0.275 e. The molecule has 0 spiro atoms. The van der Waals surface area contributed by atoms with Crippen molar-refractivity contribution in [2.75, 3.05) is 0 Å². The lowest BCUT2D eigenvalue weighted by molar-refractivity contribution is 0.875. The molecule has 7 heteroatoms. The fraction of sp³-hybridized carbons (Fsp3) is 0. The first kappa shape index (κ1) is 17.3. The van der Waals surface area contributed by atoms with E-state index < -0.39 is 0 Å². The second-order valence-electron chi connectivity index (χ2n) is 6.82. The summed E-state index contributed by atoms with van der Waals surface area (Å²) < 4.78 is 4.17. The third-order valence-electron chi connectivity index (χ3n) is 4.96. The molecule has 6 aromatic rings. The van der Waals surface area contributed by atoms with Crippen molar-refractivity contribution in [3.05, 3.63) is 98.9 Å². The molecule has 0 aliphatic heterocycles. The highest BCUT2D eigenvalue weighted by molar-refractivity contribution is 7.15. The number of hydrogen-bond donors (Lipinski definition) is 0. The zero-order chi connectivity index (χ0) is 20.1.